The van der Waals surface area contributed by atoms with Crippen LogP contribution in [-0.2, 0) is 16.1 Å². The summed E-state index contributed by atoms with van der Waals surface area (Å²) in [7, 11) is 1.61. The number of rotatable bonds is 8. The molecule has 0 aromatic heterocycles. The summed E-state index contributed by atoms with van der Waals surface area (Å²) in [5.41, 5.74) is 1.41. The SMILES string of the molecule is COc1ccc(CNC(=O)C[C@H]2CC[C@H](NC(=O)c3ccc4c(c3)OCO4)[C@H](CO)O2)cc1. The average Bonchev–Trinajstić information content (AvgIpc) is 3.32. The number of amides is 2. The van der Waals surface area contributed by atoms with E-state index in [1.165, 1.54) is 0 Å². The second-order valence-electron chi connectivity index (χ2n) is 8.03. The van der Waals surface area contributed by atoms with Crippen molar-refractivity contribution in [3.8, 4) is 17.2 Å². The standard InChI is InChI=1S/C24H28N2O7/c1-30-17-5-2-15(3-6-17)12-25-23(28)11-18-7-8-19(22(13-27)33-18)26-24(29)16-4-9-20-21(10-16)32-14-31-20/h2-6,9-10,18-19,22,27H,7-8,11-14H2,1H3,(H,25,28)(H,26,29)/t18-,19+,22+/m1/s1. The molecule has 9 nitrogen and oxygen atoms in total. The molecule has 2 aliphatic heterocycles. The fourth-order valence-corrected chi connectivity index (χ4v) is 3.96. The maximum Gasteiger partial charge on any atom is 0.251 e. The van der Waals surface area contributed by atoms with E-state index in [4.69, 9.17) is 18.9 Å². The molecule has 0 unspecified atom stereocenters. The molecule has 3 atom stereocenters. The van der Waals surface area contributed by atoms with Crippen LogP contribution in [0, 0.1) is 0 Å². The van der Waals surface area contributed by atoms with Gasteiger partial charge in [-0.2, -0.15) is 0 Å². The van der Waals surface area contributed by atoms with E-state index in [0.29, 0.717) is 36.4 Å². The van der Waals surface area contributed by atoms with Crippen LogP contribution in [-0.4, -0.2) is 55.7 Å². The Balaban J connectivity index is 1.25. The summed E-state index contributed by atoms with van der Waals surface area (Å²) in [6.45, 7) is 0.293. The van der Waals surface area contributed by atoms with Gasteiger partial charge in [-0.1, -0.05) is 12.1 Å². The fourth-order valence-electron chi connectivity index (χ4n) is 3.96. The summed E-state index contributed by atoms with van der Waals surface area (Å²) in [5.74, 6) is 1.48. The molecule has 2 amide bonds. The fraction of sp³-hybridized carbons (Fsp3) is 0.417. The summed E-state index contributed by atoms with van der Waals surface area (Å²) in [4.78, 5) is 25.0. The molecule has 2 aromatic carbocycles. The molecule has 2 heterocycles. The number of aliphatic hydroxyl groups excluding tert-OH is 1. The van der Waals surface area contributed by atoms with Crippen molar-refractivity contribution in [2.75, 3.05) is 20.5 Å². The van der Waals surface area contributed by atoms with Crippen LogP contribution in [0.3, 0.4) is 0 Å². The van der Waals surface area contributed by atoms with Gasteiger partial charge >= 0.3 is 0 Å². The van der Waals surface area contributed by atoms with Gasteiger partial charge in [0.25, 0.3) is 5.91 Å². The number of carbonyl (C=O) groups excluding carboxylic acids is 2. The Morgan fingerprint density at radius 1 is 1.09 bits per heavy atom. The zero-order valence-corrected chi connectivity index (χ0v) is 18.4. The minimum absolute atomic E-state index is 0.129. The Hall–Kier alpha value is -3.30. The molecule has 33 heavy (non-hydrogen) atoms. The van der Waals surface area contributed by atoms with Crippen molar-refractivity contribution >= 4 is 11.8 Å². The maximum atomic E-state index is 12.7. The van der Waals surface area contributed by atoms with E-state index in [2.05, 4.69) is 10.6 Å². The minimum atomic E-state index is -0.587. The van der Waals surface area contributed by atoms with Crippen LogP contribution in [0.1, 0.15) is 35.2 Å². The lowest BCUT2D eigenvalue weighted by atomic mass is 9.96. The van der Waals surface area contributed by atoms with E-state index >= 15 is 0 Å². The Labute approximate surface area is 192 Å². The van der Waals surface area contributed by atoms with E-state index < -0.39 is 6.10 Å². The van der Waals surface area contributed by atoms with Crippen LogP contribution >= 0.6 is 0 Å². The third kappa shape index (κ3) is 5.74. The molecular weight excluding hydrogens is 428 g/mol. The Morgan fingerprint density at radius 2 is 1.88 bits per heavy atom. The molecule has 2 aromatic rings. The van der Waals surface area contributed by atoms with Crippen molar-refractivity contribution in [1.29, 1.82) is 0 Å². The van der Waals surface area contributed by atoms with E-state index in [-0.39, 0.29) is 43.8 Å². The first-order chi connectivity index (χ1) is 16.1. The van der Waals surface area contributed by atoms with Crippen LogP contribution in [0.25, 0.3) is 0 Å². The largest absolute Gasteiger partial charge is 0.497 e. The summed E-state index contributed by atoms with van der Waals surface area (Å²) in [6, 6.07) is 12.1. The molecule has 4 rings (SSSR count). The normalized spacial score (nSPS) is 21.3. The van der Waals surface area contributed by atoms with Crippen molar-refractivity contribution in [2.24, 2.45) is 0 Å². The number of hydrogen-bond acceptors (Lipinski definition) is 7. The van der Waals surface area contributed by atoms with Gasteiger partial charge in [-0.3, -0.25) is 9.59 Å². The van der Waals surface area contributed by atoms with Crippen LogP contribution in [0.5, 0.6) is 17.2 Å². The number of fused-ring (bicyclic) bond motifs is 1. The second kappa shape index (κ2) is 10.5. The number of methoxy groups -OCH3 is 1. The number of nitrogens with one attached hydrogen (secondary N) is 2. The van der Waals surface area contributed by atoms with Crippen LogP contribution in [0.4, 0.5) is 0 Å². The third-order valence-corrected chi connectivity index (χ3v) is 5.81. The zero-order valence-electron chi connectivity index (χ0n) is 18.4. The summed E-state index contributed by atoms with van der Waals surface area (Å²) >= 11 is 0. The highest BCUT2D eigenvalue weighted by atomic mass is 16.7. The summed E-state index contributed by atoms with van der Waals surface area (Å²) in [5, 5.41) is 15.6. The van der Waals surface area contributed by atoms with Crippen molar-refractivity contribution < 1.29 is 33.6 Å². The second-order valence-corrected chi connectivity index (χ2v) is 8.03. The van der Waals surface area contributed by atoms with Gasteiger partial charge < -0.3 is 34.7 Å². The lowest BCUT2D eigenvalue weighted by molar-refractivity contribution is -0.131. The molecule has 0 bridgehead atoms. The molecule has 0 saturated carbocycles. The van der Waals surface area contributed by atoms with Gasteiger partial charge in [0.15, 0.2) is 11.5 Å². The van der Waals surface area contributed by atoms with Gasteiger partial charge in [0.1, 0.15) is 11.9 Å². The minimum Gasteiger partial charge on any atom is -0.497 e. The number of ether oxygens (including phenoxy) is 4. The van der Waals surface area contributed by atoms with E-state index in [1.54, 1.807) is 25.3 Å². The zero-order chi connectivity index (χ0) is 23.2. The average molecular weight is 456 g/mol. The molecule has 2 aliphatic rings. The van der Waals surface area contributed by atoms with Crippen molar-refractivity contribution in [1.82, 2.24) is 10.6 Å². The summed E-state index contributed by atoms with van der Waals surface area (Å²) in [6.07, 6.45) is 0.471. The Bertz CT molecular complexity index is 979. The van der Waals surface area contributed by atoms with E-state index in [1.807, 2.05) is 24.3 Å². The Kier molecular flexibility index (Phi) is 7.31. The van der Waals surface area contributed by atoms with Gasteiger partial charge in [-0.05, 0) is 48.7 Å². The lowest BCUT2D eigenvalue weighted by Crippen LogP contribution is -2.51. The molecule has 0 aliphatic carbocycles. The molecule has 1 fully saturated rings. The Morgan fingerprint density at radius 3 is 2.64 bits per heavy atom. The van der Waals surface area contributed by atoms with E-state index in [9.17, 15) is 14.7 Å². The maximum absolute atomic E-state index is 12.7. The number of hydrogen-bond donors (Lipinski definition) is 3. The van der Waals surface area contributed by atoms with Crippen LogP contribution in [0.15, 0.2) is 42.5 Å². The first kappa shape index (κ1) is 22.9. The molecule has 176 valence electrons. The predicted octanol–water partition coefficient (Wildman–Crippen LogP) is 1.77. The van der Waals surface area contributed by atoms with Gasteiger partial charge in [0, 0.05) is 12.1 Å². The molecule has 9 heteroatoms. The van der Waals surface area contributed by atoms with Gasteiger partial charge in [0.05, 0.1) is 32.3 Å². The van der Waals surface area contributed by atoms with Crippen molar-refractivity contribution in [3.63, 3.8) is 0 Å². The first-order valence-electron chi connectivity index (χ1n) is 10.9. The smallest absolute Gasteiger partial charge is 0.251 e. The molecule has 1 saturated heterocycles. The highest BCUT2D eigenvalue weighted by Gasteiger charge is 2.33. The van der Waals surface area contributed by atoms with Crippen molar-refractivity contribution in [3.05, 3.63) is 53.6 Å². The van der Waals surface area contributed by atoms with Crippen LogP contribution < -0.4 is 24.8 Å². The molecule has 0 radical (unpaired) electrons. The van der Waals surface area contributed by atoms with E-state index in [0.717, 1.165) is 11.3 Å². The van der Waals surface area contributed by atoms with Crippen LogP contribution in [0.2, 0.25) is 0 Å². The highest BCUT2D eigenvalue weighted by molar-refractivity contribution is 5.95. The monoisotopic (exact) mass is 456 g/mol. The third-order valence-electron chi connectivity index (χ3n) is 5.81. The quantitative estimate of drug-likeness (QED) is 0.555. The van der Waals surface area contributed by atoms with Gasteiger partial charge in [-0.25, -0.2) is 0 Å². The first-order valence-corrected chi connectivity index (χ1v) is 10.9. The topological polar surface area (TPSA) is 115 Å². The lowest BCUT2D eigenvalue weighted by Gasteiger charge is -2.36. The highest BCUT2D eigenvalue weighted by Crippen LogP contribution is 2.32. The number of aliphatic hydroxyl groups is 1. The molecule has 3 N–H and O–H groups in total. The number of carbonyl (C=O) groups is 2. The number of benzene rings is 2. The molecular formula is C24H28N2O7. The van der Waals surface area contributed by atoms with Gasteiger partial charge in [-0.15, -0.1) is 0 Å². The molecule has 0 spiro atoms. The van der Waals surface area contributed by atoms with Crippen molar-refractivity contribution in [2.45, 2.75) is 44.1 Å². The van der Waals surface area contributed by atoms with Gasteiger partial charge in [0.2, 0.25) is 12.7 Å². The predicted molar refractivity (Wildman–Crippen MR) is 118 cm³/mol. The summed E-state index contributed by atoms with van der Waals surface area (Å²) < 4.78 is 21.6.